The van der Waals surface area contributed by atoms with Crippen molar-refractivity contribution in [2.24, 2.45) is 0 Å². The van der Waals surface area contributed by atoms with E-state index in [-0.39, 0.29) is 21.8 Å². The third-order valence-electron chi connectivity index (χ3n) is 4.12. The van der Waals surface area contributed by atoms with Gasteiger partial charge in [-0.3, -0.25) is 0 Å². The van der Waals surface area contributed by atoms with Gasteiger partial charge in [0.05, 0.1) is 28.0 Å². The molecule has 1 atom stereocenters. The predicted octanol–water partition coefficient (Wildman–Crippen LogP) is 6.25. The molecular formula is C21H20Cl3N5O2. The smallest absolute Gasteiger partial charge is 0.332 e. The molecule has 0 fully saturated rings. The summed E-state index contributed by atoms with van der Waals surface area (Å²) >= 11 is 18.4. The van der Waals surface area contributed by atoms with Gasteiger partial charge in [0.25, 0.3) is 0 Å². The standard InChI is InChI=1S/C21H20Cl3N5O2/c1-13(12-31-2)26-20-25-9-8-18(27-20)29(15-6-4-3-5-7-15)21(30)28-19-16(23)10-14(22)11-17(19)24/h3-11,13H,12H2,1-2H3,(H,28,30)(H,25,26,27)/t13-/m0/s1. The highest BCUT2D eigenvalue weighted by molar-refractivity contribution is 6.42. The van der Waals surface area contributed by atoms with E-state index in [9.17, 15) is 4.79 Å². The lowest BCUT2D eigenvalue weighted by molar-refractivity contribution is 0.190. The molecule has 3 aromatic rings. The Hall–Kier alpha value is -2.58. The van der Waals surface area contributed by atoms with Crippen molar-refractivity contribution in [3.05, 3.63) is 69.8 Å². The zero-order chi connectivity index (χ0) is 22.4. The molecule has 1 heterocycles. The molecule has 2 amide bonds. The average Bonchev–Trinajstić information content (AvgIpc) is 2.72. The van der Waals surface area contributed by atoms with E-state index >= 15 is 0 Å². The molecule has 0 unspecified atom stereocenters. The quantitative estimate of drug-likeness (QED) is 0.417. The summed E-state index contributed by atoms with van der Waals surface area (Å²) in [6.07, 6.45) is 1.57. The van der Waals surface area contributed by atoms with Crippen LogP contribution in [-0.2, 0) is 4.74 Å². The number of carbonyl (C=O) groups is 1. The van der Waals surface area contributed by atoms with Crippen molar-refractivity contribution in [2.45, 2.75) is 13.0 Å². The highest BCUT2D eigenvalue weighted by Crippen LogP contribution is 2.35. The van der Waals surface area contributed by atoms with Gasteiger partial charge in [0.15, 0.2) is 0 Å². The number of amides is 2. The fourth-order valence-electron chi connectivity index (χ4n) is 2.81. The summed E-state index contributed by atoms with van der Waals surface area (Å²) in [6.45, 7) is 2.41. The molecule has 1 aromatic heterocycles. The van der Waals surface area contributed by atoms with Crippen molar-refractivity contribution in [1.29, 1.82) is 0 Å². The van der Waals surface area contributed by atoms with E-state index in [0.29, 0.717) is 29.1 Å². The van der Waals surface area contributed by atoms with Gasteiger partial charge in [0.2, 0.25) is 5.95 Å². The van der Waals surface area contributed by atoms with Gasteiger partial charge in [-0.2, -0.15) is 4.98 Å². The van der Waals surface area contributed by atoms with Crippen LogP contribution in [0.2, 0.25) is 15.1 Å². The van der Waals surface area contributed by atoms with Crippen LogP contribution in [0, 0.1) is 0 Å². The van der Waals surface area contributed by atoms with Crippen LogP contribution in [-0.4, -0.2) is 35.8 Å². The number of hydrogen-bond donors (Lipinski definition) is 2. The van der Waals surface area contributed by atoms with Crippen molar-refractivity contribution >= 4 is 64.0 Å². The van der Waals surface area contributed by atoms with Gasteiger partial charge in [0.1, 0.15) is 5.82 Å². The van der Waals surface area contributed by atoms with Crippen molar-refractivity contribution < 1.29 is 9.53 Å². The molecule has 0 aliphatic rings. The number of halogens is 3. The first kappa shape index (κ1) is 23.1. The second-order valence-electron chi connectivity index (χ2n) is 6.58. The zero-order valence-corrected chi connectivity index (χ0v) is 19.0. The van der Waals surface area contributed by atoms with E-state index in [1.807, 2.05) is 25.1 Å². The fraction of sp³-hybridized carbons (Fsp3) is 0.190. The Morgan fingerprint density at radius 1 is 1.13 bits per heavy atom. The maximum Gasteiger partial charge on any atom is 0.332 e. The molecule has 0 saturated carbocycles. The number of carbonyl (C=O) groups excluding carboxylic acids is 1. The number of aromatic nitrogens is 2. The van der Waals surface area contributed by atoms with E-state index in [1.165, 1.54) is 17.0 Å². The Morgan fingerprint density at radius 3 is 2.45 bits per heavy atom. The SMILES string of the molecule is COC[C@H](C)Nc1nccc(N(C(=O)Nc2c(Cl)cc(Cl)cc2Cl)c2ccccc2)n1. The molecule has 2 aromatic carbocycles. The number of hydrogen-bond acceptors (Lipinski definition) is 5. The summed E-state index contributed by atoms with van der Waals surface area (Å²) in [5, 5.41) is 6.69. The number of para-hydroxylation sites is 1. The summed E-state index contributed by atoms with van der Waals surface area (Å²) in [7, 11) is 1.62. The van der Waals surface area contributed by atoms with Crippen molar-refractivity contribution in [3.8, 4) is 0 Å². The maximum absolute atomic E-state index is 13.3. The summed E-state index contributed by atoms with van der Waals surface area (Å²) in [6, 6.07) is 13.2. The van der Waals surface area contributed by atoms with Gasteiger partial charge < -0.3 is 15.4 Å². The van der Waals surface area contributed by atoms with E-state index < -0.39 is 6.03 Å². The number of nitrogens with one attached hydrogen (secondary N) is 2. The van der Waals surface area contributed by atoms with Gasteiger partial charge >= 0.3 is 6.03 Å². The van der Waals surface area contributed by atoms with Crippen LogP contribution < -0.4 is 15.5 Å². The Balaban J connectivity index is 1.96. The molecule has 0 spiro atoms. The van der Waals surface area contributed by atoms with Gasteiger partial charge in [-0.05, 0) is 31.2 Å². The zero-order valence-electron chi connectivity index (χ0n) is 16.8. The molecule has 0 bridgehead atoms. The second kappa shape index (κ2) is 10.6. The minimum absolute atomic E-state index is 0.0223. The number of rotatable bonds is 7. The van der Waals surface area contributed by atoms with E-state index in [4.69, 9.17) is 39.5 Å². The predicted molar refractivity (Wildman–Crippen MR) is 126 cm³/mol. The lowest BCUT2D eigenvalue weighted by Crippen LogP contribution is -2.32. The van der Waals surface area contributed by atoms with Gasteiger partial charge in [-0.25, -0.2) is 14.7 Å². The Bertz CT molecular complexity index is 1030. The second-order valence-corrected chi connectivity index (χ2v) is 7.84. The van der Waals surface area contributed by atoms with Crippen LogP contribution in [0.3, 0.4) is 0 Å². The Labute approximate surface area is 195 Å². The molecule has 3 rings (SSSR count). The first-order valence-electron chi connectivity index (χ1n) is 9.28. The minimum Gasteiger partial charge on any atom is -0.383 e. The normalized spacial score (nSPS) is 11.6. The van der Waals surface area contributed by atoms with Crippen LogP contribution in [0.1, 0.15) is 6.92 Å². The number of benzene rings is 2. The highest BCUT2D eigenvalue weighted by atomic mass is 35.5. The van der Waals surface area contributed by atoms with E-state index in [2.05, 4.69) is 20.6 Å². The molecule has 0 aliphatic heterocycles. The largest absolute Gasteiger partial charge is 0.383 e. The van der Waals surface area contributed by atoms with E-state index in [1.54, 1.807) is 31.5 Å². The number of anilines is 4. The number of methoxy groups -OCH3 is 1. The third kappa shape index (κ3) is 5.98. The molecule has 0 aliphatic carbocycles. The third-order valence-corrected chi connectivity index (χ3v) is 4.93. The highest BCUT2D eigenvalue weighted by Gasteiger charge is 2.22. The van der Waals surface area contributed by atoms with Crippen molar-refractivity contribution in [1.82, 2.24) is 9.97 Å². The Morgan fingerprint density at radius 2 is 1.81 bits per heavy atom. The van der Waals surface area contributed by atoms with Crippen LogP contribution in [0.4, 0.5) is 27.9 Å². The van der Waals surface area contributed by atoms with Crippen molar-refractivity contribution in [2.75, 3.05) is 29.3 Å². The lowest BCUT2D eigenvalue weighted by atomic mass is 10.3. The molecular weight excluding hydrogens is 461 g/mol. The van der Waals surface area contributed by atoms with Crippen LogP contribution in [0.5, 0.6) is 0 Å². The van der Waals surface area contributed by atoms with Gasteiger partial charge in [0, 0.05) is 30.4 Å². The minimum atomic E-state index is -0.507. The Kier molecular flexibility index (Phi) is 7.92. The molecule has 0 radical (unpaired) electrons. The molecule has 10 heteroatoms. The van der Waals surface area contributed by atoms with E-state index in [0.717, 1.165) is 0 Å². The molecule has 7 nitrogen and oxygen atoms in total. The number of ether oxygens (including phenoxy) is 1. The first-order valence-corrected chi connectivity index (χ1v) is 10.4. The monoisotopic (exact) mass is 479 g/mol. The van der Waals surface area contributed by atoms with Crippen LogP contribution >= 0.6 is 34.8 Å². The van der Waals surface area contributed by atoms with Crippen molar-refractivity contribution in [3.63, 3.8) is 0 Å². The van der Waals surface area contributed by atoms with Gasteiger partial charge in [-0.1, -0.05) is 53.0 Å². The van der Waals surface area contributed by atoms with Gasteiger partial charge in [-0.15, -0.1) is 0 Å². The first-order chi connectivity index (χ1) is 14.9. The fourth-order valence-corrected chi connectivity index (χ4v) is 3.72. The summed E-state index contributed by atoms with van der Waals surface area (Å²) in [5.74, 6) is 0.713. The lowest BCUT2D eigenvalue weighted by Gasteiger charge is -2.23. The number of urea groups is 1. The molecule has 2 N–H and O–H groups in total. The number of nitrogens with zero attached hydrogens (tertiary/aromatic N) is 3. The summed E-state index contributed by atoms with van der Waals surface area (Å²) in [5.41, 5.74) is 0.843. The summed E-state index contributed by atoms with van der Waals surface area (Å²) < 4.78 is 5.13. The maximum atomic E-state index is 13.3. The van der Waals surface area contributed by atoms with Crippen LogP contribution in [0.15, 0.2) is 54.7 Å². The summed E-state index contributed by atoms with van der Waals surface area (Å²) in [4.78, 5) is 23.4. The molecule has 0 saturated heterocycles. The molecule has 162 valence electrons. The van der Waals surface area contributed by atoms with Crippen LogP contribution in [0.25, 0.3) is 0 Å². The molecule has 31 heavy (non-hydrogen) atoms. The average molecular weight is 481 g/mol. The topological polar surface area (TPSA) is 79.4 Å².